The van der Waals surface area contributed by atoms with Crippen LogP contribution in [0.4, 0.5) is 5.69 Å². The molecule has 0 saturated heterocycles. The second-order valence-electron chi connectivity index (χ2n) is 5.70. The predicted molar refractivity (Wildman–Crippen MR) is 79.7 cm³/mol. The minimum Gasteiger partial charge on any atom is -0.384 e. The van der Waals surface area contributed by atoms with Crippen LogP contribution in [0.1, 0.15) is 32.3 Å². The molecular formula is C14H21N3O2S. The Hall–Kier alpha value is -1.58. The highest BCUT2D eigenvalue weighted by atomic mass is 32.2. The van der Waals surface area contributed by atoms with Crippen LogP contribution in [0.2, 0.25) is 0 Å². The summed E-state index contributed by atoms with van der Waals surface area (Å²) in [7, 11) is -3.69. The third-order valence-corrected chi connectivity index (χ3v) is 4.12. The number of aryl methyl sites for hydroxylation is 1. The average molecular weight is 295 g/mol. The summed E-state index contributed by atoms with van der Waals surface area (Å²) in [5.74, 6) is 0. The molecule has 0 bridgehead atoms. The van der Waals surface area contributed by atoms with Gasteiger partial charge in [0, 0.05) is 18.7 Å². The maximum absolute atomic E-state index is 11.4. The van der Waals surface area contributed by atoms with Crippen LogP contribution in [0, 0.1) is 23.7 Å². The fourth-order valence-corrected chi connectivity index (χ4v) is 2.33. The number of hydrogen-bond donors (Lipinski definition) is 2. The largest absolute Gasteiger partial charge is 0.384 e. The monoisotopic (exact) mass is 295 g/mol. The lowest BCUT2D eigenvalue weighted by molar-refractivity contribution is 0.363. The van der Waals surface area contributed by atoms with Crippen molar-refractivity contribution in [1.29, 1.82) is 5.26 Å². The van der Waals surface area contributed by atoms with Crippen molar-refractivity contribution in [3.8, 4) is 6.07 Å². The van der Waals surface area contributed by atoms with Crippen LogP contribution in [0.5, 0.6) is 0 Å². The summed E-state index contributed by atoms with van der Waals surface area (Å²) in [4.78, 5) is 0.0976. The molecule has 0 fully saturated rings. The molecule has 6 heteroatoms. The van der Waals surface area contributed by atoms with Crippen molar-refractivity contribution in [2.75, 3.05) is 11.9 Å². The summed E-state index contributed by atoms with van der Waals surface area (Å²) < 4.78 is 22.7. The Labute approximate surface area is 120 Å². The second kappa shape index (κ2) is 6.25. The van der Waals surface area contributed by atoms with Crippen molar-refractivity contribution < 1.29 is 8.42 Å². The molecule has 0 radical (unpaired) electrons. The van der Waals surface area contributed by atoms with Crippen molar-refractivity contribution in [2.45, 2.75) is 38.5 Å². The van der Waals surface area contributed by atoms with E-state index in [1.807, 2.05) is 6.92 Å². The van der Waals surface area contributed by atoms with Crippen molar-refractivity contribution in [3.05, 3.63) is 23.8 Å². The van der Waals surface area contributed by atoms with Gasteiger partial charge in [0.15, 0.2) is 0 Å². The number of nitrogens with zero attached hydrogens (tertiary/aromatic N) is 1. The number of hydrogen-bond acceptors (Lipinski definition) is 4. The second-order valence-corrected chi connectivity index (χ2v) is 7.26. The van der Waals surface area contributed by atoms with Gasteiger partial charge in [-0.1, -0.05) is 19.9 Å². The van der Waals surface area contributed by atoms with E-state index in [9.17, 15) is 8.42 Å². The van der Waals surface area contributed by atoms with E-state index in [0.717, 1.165) is 17.7 Å². The molecule has 20 heavy (non-hydrogen) atoms. The Morgan fingerprint density at radius 2 is 2.05 bits per heavy atom. The molecule has 0 spiro atoms. The molecular weight excluding hydrogens is 274 g/mol. The van der Waals surface area contributed by atoms with Gasteiger partial charge < -0.3 is 5.32 Å². The number of nitriles is 1. The minimum absolute atomic E-state index is 0.0419. The van der Waals surface area contributed by atoms with Crippen LogP contribution in [0.25, 0.3) is 0 Å². The molecule has 0 aliphatic carbocycles. The summed E-state index contributed by atoms with van der Waals surface area (Å²) in [6.45, 7) is 6.69. The number of rotatable bonds is 6. The molecule has 0 aliphatic heterocycles. The Kier molecular flexibility index (Phi) is 5.15. The Morgan fingerprint density at radius 3 is 2.60 bits per heavy atom. The zero-order valence-corrected chi connectivity index (χ0v) is 12.9. The van der Waals surface area contributed by atoms with E-state index in [-0.39, 0.29) is 10.3 Å². The highest BCUT2D eigenvalue weighted by Gasteiger charge is 2.18. The molecule has 0 unspecified atom stereocenters. The maximum Gasteiger partial charge on any atom is 0.238 e. The van der Waals surface area contributed by atoms with Crippen LogP contribution < -0.4 is 10.5 Å². The van der Waals surface area contributed by atoms with Crippen molar-refractivity contribution >= 4 is 15.7 Å². The topological polar surface area (TPSA) is 96.0 Å². The number of nitrogens with one attached hydrogen (secondary N) is 1. The van der Waals surface area contributed by atoms with Gasteiger partial charge >= 0.3 is 0 Å². The standard InChI is InChI=1S/C14H21N3O2S/c1-11-5-6-12(20(16,18)19)9-13(11)17-10-14(2,3)7-4-8-15/h5-6,9,17H,4,7,10H2,1-3H3,(H2,16,18,19). The van der Waals surface area contributed by atoms with Gasteiger partial charge in [0.05, 0.1) is 11.0 Å². The van der Waals surface area contributed by atoms with E-state index in [1.165, 1.54) is 6.07 Å². The summed E-state index contributed by atoms with van der Waals surface area (Å²) in [6, 6.07) is 6.91. The third-order valence-electron chi connectivity index (χ3n) is 3.21. The van der Waals surface area contributed by atoms with Crippen LogP contribution >= 0.6 is 0 Å². The van der Waals surface area contributed by atoms with Gasteiger partial charge in [-0.15, -0.1) is 0 Å². The first-order valence-electron chi connectivity index (χ1n) is 6.40. The molecule has 0 saturated carbocycles. The van der Waals surface area contributed by atoms with E-state index in [0.29, 0.717) is 13.0 Å². The summed E-state index contributed by atoms with van der Waals surface area (Å²) >= 11 is 0. The van der Waals surface area contributed by atoms with Gasteiger partial charge in [0.1, 0.15) is 0 Å². The normalized spacial score (nSPS) is 11.9. The van der Waals surface area contributed by atoms with Crippen molar-refractivity contribution in [1.82, 2.24) is 0 Å². The summed E-state index contributed by atoms with van der Waals surface area (Å²) in [5, 5.41) is 17.0. The SMILES string of the molecule is Cc1ccc(S(N)(=O)=O)cc1NCC(C)(C)CCC#N. The van der Waals surface area contributed by atoms with Gasteiger partial charge in [-0.05, 0) is 36.5 Å². The number of benzene rings is 1. The molecule has 0 amide bonds. The van der Waals surface area contributed by atoms with Gasteiger partial charge in [-0.3, -0.25) is 0 Å². The fraction of sp³-hybridized carbons (Fsp3) is 0.500. The first kappa shape index (κ1) is 16.5. The molecule has 0 aliphatic rings. The molecule has 0 atom stereocenters. The minimum atomic E-state index is -3.69. The first-order valence-corrected chi connectivity index (χ1v) is 7.95. The highest BCUT2D eigenvalue weighted by Crippen LogP contribution is 2.25. The van der Waals surface area contributed by atoms with Crippen molar-refractivity contribution in [3.63, 3.8) is 0 Å². The summed E-state index contributed by atoms with van der Waals surface area (Å²) in [6.07, 6.45) is 1.29. The molecule has 3 N–H and O–H groups in total. The number of nitrogens with two attached hydrogens (primary N) is 1. The first-order chi connectivity index (χ1) is 9.15. The zero-order chi connectivity index (χ0) is 15.4. The quantitative estimate of drug-likeness (QED) is 0.842. The van der Waals surface area contributed by atoms with E-state index in [2.05, 4.69) is 25.2 Å². The van der Waals surface area contributed by atoms with Gasteiger partial charge in [-0.25, -0.2) is 13.6 Å². The molecule has 1 aromatic rings. The molecule has 1 rings (SSSR count). The Morgan fingerprint density at radius 1 is 1.40 bits per heavy atom. The number of primary sulfonamides is 1. The fourth-order valence-electron chi connectivity index (χ4n) is 1.79. The Balaban J connectivity index is 2.86. The molecule has 5 nitrogen and oxygen atoms in total. The number of anilines is 1. The zero-order valence-electron chi connectivity index (χ0n) is 12.1. The predicted octanol–water partition coefficient (Wildman–Crippen LogP) is 2.38. The van der Waals surface area contributed by atoms with Crippen LogP contribution in [-0.2, 0) is 10.0 Å². The molecule has 0 heterocycles. The van der Waals surface area contributed by atoms with E-state index in [4.69, 9.17) is 10.4 Å². The third kappa shape index (κ3) is 4.83. The lowest BCUT2D eigenvalue weighted by atomic mass is 9.88. The van der Waals surface area contributed by atoms with Crippen LogP contribution in [0.3, 0.4) is 0 Å². The van der Waals surface area contributed by atoms with Crippen molar-refractivity contribution in [2.24, 2.45) is 10.6 Å². The summed E-state index contributed by atoms with van der Waals surface area (Å²) in [5.41, 5.74) is 1.66. The smallest absolute Gasteiger partial charge is 0.238 e. The van der Waals surface area contributed by atoms with E-state index in [1.54, 1.807) is 12.1 Å². The van der Waals surface area contributed by atoms with E-state index >= 15 is 0 Å². The van der Waals surface area contributed by atoms with Crippen LogP contribution in [0.15, 0.2) is 23.1 Å². The van der Waals surface area contributed by atoms with Gasteiger partial charge in [-0.2, -0.15) is 5.26 Å². The highest BCUT2D eigenvalue weighted by molar-refractivity contribution is 7.89. The average Bonchev–Trinajstić information content (AvgIpc) is 2.34. The molecule has 110 valence electrons. The van der Waals surface area contributed by atoms with Gasteiger partial charge in [0.25, 0.3) is 0 Å². The lowest BCUT2D eigenvalue weighted by Gasteiger charge is -2.25. The van der Waals surface area contributed by atoms with Crippen LogP contribution in [-0.4, -0.2) is 15.0 Å². The number of sulfonamides is 1. The lowest BCUT2D eigenvalue weighted by Crippen LogP contribution is -2.23. The molecule has 1 aromatic carbocycles. The van der Waals surface area contributed by atoms with Gasteiger partial charge in [0.2, 0.25) is 10.0 Å². The maximum atomic E-state index is 11.4. The molecule has 0 aromatic heterocycles. The Bertz CT molecular complexity index is 616. The van der Waals surface area contributed by atoms with E-state index < -0.39 is 10.0 Å².